The number of aromatic amines is 1. The molecule has 1 aromatic heterocycles. The van der Waals surface area contributed by atoms with Gasteiger partial charge in [0.05, 0.1) is 0 Å². The SMILES string of the molecule is Cc1[nH]nc(NC(=O)COc2ccc(F)c(F)c2)c1-c1cccc(Cl)c1. The summed E-state index contributed by atoms with van der Waals surface area (Å²) in [5.74, 6) is -2.16. The maximum Gasteiger partial charge on any atom is 0.263 e. The summed E-state index contributed by atoms with van der Waals surface area (Å²) in [6.07, 6.45) is 0. The second-order valence-electron chi connectivity index (χ2n) is 5.50. The van der Waals surface area contributed by atoms with Crippen LogP contribution in [0.25, 0.3) is 11.1 Å². The van der Waals surface area contributed by atoms with Crippen LogP contribution in [0, 0.1) is 18.6 Å². The molecule has 0 saturated heterocycles. The number of nitrogens with zero attached hydrogens (tertiary/aromatic N) is 1. The fourth-order valence-corrected chi connectivity index (χ4v) is 2.59. The lowest BCUT2D eigenvalue weighted by atomic mass is 10.1. The molecule has 0 radical (unpaired) electrons. The molecule has 3 rings (SSSR count). The first-order chi connectivity index (χ1) is 12.4. The number of nitrogens with one attached hydrogen (secondary N) is 2. The van der Waals surface area contributed by atoms with E-state index in [1.807, 2.05) is 13.0 Å². The number of rotatable bonds is 5. The topological polar surface area (TPSA) is 67.0 Å². The van der Waals surface area contributed by atoms with E-state index in [9.17, 15) is 13.6 Å². The Balaban J connectivity index is 1.71. The Morgan fingerprint density at radius 1 is 1.23 bits per heavy atom. The second kappa shape index (κ2) is 7.53. The molecule has 1 amide bonds. The zero-order chi connectivity index (χ0) is 18.7. The molecule has 5 nitrogen and oxygen atoms in total. The third-order valence-corrected chi connectivity index (χ3v) is 3.81. The number of aromatic nitrogens is 2. The third-order valence-electron chi connectivity index (χ3n) is 3.58. The summed E-state index contributed by atoms with van der Waals surface area (Å²) in [7, 11) is 0. The fourth-order valence-electron chi connectivity index (χ4n) is 2.40. The minimum Gasteiger partial charge on any atom is -0.484 e. The summed E-state index contributed by atoms with van der Waals surface area (Å²) in [6.45, 7) is 1.43. The first-order valence-electron chi connectivity index (χ1n) is 7.62. The van der Waals surface area contributed by atoms with Crippen LogP contribution in [0.1, 0.15) is 5.69 Å². The van der Waals surface area contributed by atoms with E-state index in [0.717, 1.165) is 23.4 Å². The normalized spacial score (nSPS) is 10.6. The number of amides is 1. The van der Waals surface area contributed by atoms with Crippen LogP contribution in [0.5, 0.6) is 5.75 Å². The van der Waals surface area contributed by atoms with Gasteiger partial charge in [0.25, 0.3) is 5.91 Å². The van der Waals surface area contributed by atoms with E-state index in [1.165, 1.54) is 6.07 Å². The molecule has 2 aromatic carbocycles. The summed E-state index contributed by atoms with van der Waals surface area (Å²) < 4.78 is 31.2. The van der Waals surface area contributed by atoms with E-state index in [4.69, 9.17) is 16.3 Å². The predicted octanol–water partition coefficient (Wildman–Crippen LogP) is 4.33. The van der Waals surface area contributed by atoms with Crippen LogP contribution in [0.2, 0.25) is 5.02 Å². The van der Waals surface area contributed by atoms with Gasteiger partial charge in [-0.05, 0) is 36.8 Å². The molecule has 0 spiro atoms. The molecule has 0 unspecified atom stereocenters. The first-order valence-corrected chi connectivity index (χ1v) is 8.00. The lowest BCUT2D eigenvalue weighted by Gasteiger charge is -2.08. The van der Waals surface area contributed by atoms with Gasteiger partial charge in [0, 0.05) is 22.3 Å². The van der Waals surface area contributed by atoms with Crippen LogP contribution in [-0.4, -0.2) is 22.7 Å². The quantitative estimate of drug-likeness (QED) is 0.695. The first kappa shape index (κ1) is 17.9. The van der Waals surface area contributed by atoms with Crippen molar-refractivity contribution in [1.29, 1.82) is 0 Å². The van der Waals surface area contributed by atoms with Crippen molar-refractivity contribution in [2.24, 2.45) is 0 Å². The summed E-state index contributed by atoms with van der Waals surface area (Å²) >= 11 is 6.02. The molecule has 2 N–H and O–H groups in total. The van der Waals surface area contributed by atoms with Gasteiger partial charge in [-0.1, -0.05) is 23.7 Å². The van der Waals surface area contributed by atoms with E-state index >= 15 is 0 Å². The van der Waals surface area contributed by atoms with Crippen LogP contribution < -0.4 is 10.1 Å². The summed E-state index contributed by atoms with van der Waals surface area (Å²) in [6, 6.07) is 10.2. The Morgan fingerprint density at radius 3 is 2.77 bits per heavy atom. The van der Waals surface area contributed by atoms with Gasteiger partial charge in [0.1, 0.15) is 5.75 Å². The van der Waals surface area contributed by atoms with Gasteiger partial charge >= 0.3 is 0 Å². The number of H-pyrrole nitrogens is 1. The highest BCUT2D eigenvalue weighted by Crippen LogP contribution is 2.31. The van der Waals surface area contributed by atoms with Crippen LogP contribution in [0.3, 0.4) is 0 Å². The Hall–Kier alpha value is -2.93. The second-order valence-corrected chi connectivity index (χ2v) is 5.93. The van der Waals surface area contributed by atoms with Gasteiger partial charge in [0.15, 0.2) is 24.1 Å². The molecule has 0 aliphatic rings. The highest BCUT2D eigenvalue weighted by atomic mass is 35.5. The number of carbonyl (C=O) groups excluding carboxylic acids is 1. The standard InChI is InChI=1S/C18H14ClF2N3O2/c1-10-17(11-3-2-4-12(19)7-11)18(24-23-10)22-16(25)9-26-13-5-6-14(20)15(21)8-13/h2-8H,9H2,1H3,(H2,22,23,24,25). The average molecular weight is 378 g/mol. The lowest BCUT2D eigenvalue weighted by Crippen LogP contribution is -2.20. The smallest absolute Gasteiger partial charge is 0.263 e. The van der Waals surface area contributed by atoms with E-state index in [2.05, 4.69) is 15.5 Å². The molecule has 8 heteroatoms. The number of ether oxygens (including phenoxy) is 1. The molecule has 0 aliphatic carbocycles. The van der Waals surface area contributed by atoms with E-state index in [-0.39, 0.29) is 12.4 Å². The molecule has 0 fully saturated rings. The van der Waals surface area contributed by atoms with Crippen molar-refractivity contribution in [2.45, 2.75) is 6.92 Å². The number of benzene rings is 2. The zero-order valence-corrected chi connectivity index (χ0v) is 14.4. The Morgan fingerprint density at radius 2 is 2.04 bits per heavy atom. The molecule has 0 atom stereocenters. The minimum atomic E-state index is -1.05. The number of aryl methyl sites for hydroxylation is 1. The molecular weight excluding hydrogens is 364 g/mol. The number of halogens is 3. The van der Waals surface area contributed by atoms with Gasteiger partial charge in [-0.15, -0.1) is 0 Å². The van der Waals surface area contributed by atoms with E-state index in [0.29, 0.717) is 16.4 Å². The van der Waals surface area contributed by atoms with Crippen molar-refractivity contribution in [3.63, 3.8) is 0 Å². The molecule has 3 aromatic rings. The molecule has 0 aliphatic heterocycles. The van der Waals surface area contributed by atoms with Gasteiger partial charge in [-0.3, -0.25) is 9.89 Å². The molecule has 26 heavy (non-hydrogen) atoms. The molecule has 134 valence electrons. The minimum absolute atomic E-state index is 0.0484. The summed E-state index contributed by atoms with van der Waals surface area (Å²) in [4.78, 5) is 12.1. The zero-order valence-electron chi connectivity index (χ0n) is 13.6. The molecule has 0 bridgehead atoms. The number of carbonyl (C=O) groups is 1. The fraction of sp³-hybridized carbons (Fsp3) is 0.111. The number of hydrogen-bond donors (Lipinski definition) is 2. The van der Waals surface area contributed by atoms with Gasteiger partial charge in [0.2, 0.25) is 0 Å². The maximum absolute atomic E-state index is 13.1. The van der Waals surface area contributed by atoms with Crippen molar-refractivity contribution in [3.8, 4) is 16.9 Å². The monoisotopic (exact) mass is 377 g/mol. The Bertz CT molecular complexity index is 959. The number of hydrogen-bond acceptors (Lipinski definition) is 3. The molecular formula is C18H14ClF2N3O2. The van der Waals surface area contributed by atoms with E-state index in [1.54, 1.807) is 18.2 Å². The van der Waals surface area contributed by atoms with Crippen LogP contribution in [-0.2, 0) is 4.79 Å². The molecule has 1 heterocycles. The van der Waals surface area contributed by atoms with Crippen molar-refractivity contribution in [1.82, 2.24) is 10.2 Å². The predicted molar refractivity (Wildman–Crippen MR) is 94.3 cm³/mol. The third kappa shape index (κ3) is 4.00. The summed E-state index contributed by atoms with van der Waals surface area (Å²) in [5.41, 5.74) is 2.25. The highest BCUT2D eigenvalue weighted by molar-refractivity contribution is 6.30. The van der Waals surface area contributed by atoms with Crippen LogP contribution in [0.15, 0.2) is 42.5 Å². The Kier molecular flexibility index (Phi) is 5.18. The van der Waals surface area contributed by atoms with Gasteiger partial charge in [-0.2, -0.15) is 5.10 Å². The van der Waals surface area contributed by atoms with Gasteiger partial charge in [-0.25, -0.2) is 8.78 Å². The molecule has 0 saturated carbocycles. The van der Waals surface area contributed by atoms with Crippen molar-refractivity contribution in [2.75, 3.05) is 11.9 Å². The van der Waals surface area contributed by atoms with Crippen molar-refractivity contribution < 1.29 is 18.3 Å². The summed E-state index contributed by atoms with van der Waals surface area (Å²) in [5, 5.41) is 10.1. The highest BCUT2D eigenvalue weighted by Gasteiger charge is 2.16. The van der Waals surface area contributed by atoms with E-state index < -0.39 is 17.5 Å². The van der Waals surface area contributed by atoms with Crippen molar-refractivity contribution >= 4 is 23.3 Å². The lowest BCUT2D eigenvalue weighted by molar-refractivity contribution is -0.118. The van der Waals surface area contributed by atoms with Crippen LogP contribution >= 0.6 is 11.6 Å². The van der Waals surface area contributed by atoms with Crippen LogP contribution in [0.4, 0.5) is 14.6 Å². The Labute approximate surface area is 152 Å². The average Bonchev–Trinajstić information content (AvgIpc) is 2.96. The van der Waals surface area contributed by atoms with Gasteiger partial charge < -0.3 is 10.1 Å². The number of anilines is 1. The largest absolute Gasteiger partial charge is 0.484 e. The maximum atomic E-state index is 13.1. The van der Waals surface area contributed by atoms with Crippen molar-refractivity contribution in [3.05, 3.63) is 64.8 Å².